The monoisotopic (exact) mass is 255 g/mol. The van der Waals surface area contributed by atoms with Crippen molar-refractivity contribution in [1.29, 1.82) is 5.26 Å². The molecule has 0 unspecified atom stereocenters. The molecule has 18 heavy (non-hydrogen) atoms. The highest BCUT2D eigenvalue weighted by Gasteiger charge is 2.21. The second kappa shape index (κ2) is 3.97. The molecule has 1 aliphatic rings. The maximum Gasteiger partial charge on any atom is 0.345 e. The molecule has 0 aliphatic heterocycles. The van der Waals surface area contributed by atoms with E-state index in [0.29, 0.717) is 10.4 Å². The van der Waals surface area contributed by atoms with Gasteiger partial charge in [0.1, 0.15) is 4.88 Å². The fraction of sp³-hybridized carbons (Fsp3) is 0.143. The van der Waals surface area contributed by atoms with Crippen molar-refractivity contribution in [3.05, 3.63) is 45.8 Å². The van der Waals surface area contributed by atoms with E-state index in [1.165, 1.54) is 16.9 Å². The Balaban J connectivity index is 2.21. The first-order valence-corrected chi connectivity index (χ1v) is 6.40. The standard InChI is InChI=1S/C14H9NO2S/c15-7-8-1-2-9-3-4-10-6-12(14(16)17)18-13(10)11(9)5-8/h1-2,5-6H,3-4H2,(H,16,17). The summed E-state index contributed by atoms with van der Waals surface area (Å²) in [4.78, 5) is 12.4. The average molecular weight is 255 g/mol. The van der Waals surface area contributed by atoms with Crippen LogP contribution in [0.25, 0.3) is 10.4 Å². The highest BCUT2D eigenvalue weighted by molar-refractivity contribution is 7.17. The quantitative estimate of drug-likeness (QED) is 0.851. The van der Waals surface area contributed by atoms with Crippen molar-refractivity contribution in [3.8, 4) is 16.5 Å². The molecule has 0 atom stereocenters. The molecule has 1 aliphatic carbocycles. The number of rotatable bonds is 1. The van der Waals surface area contributed by atoms with Crippen molar-refractivity contribution < 1.29 is 9.90 Å². The first-order valence-electron chi connectivity index (χ1n) is 5.58. The third-order valence-corrected chi connectivity index (χ3v) is 4.37. The van der Waals surface area contributed by atoms with Crippen molar-refractivity contribution in [2.45, 2.75) is 12.8 Å². The van der Waals surface area contributed by atoms with Gasteiger partial charge in [-0.05, 0) is 47.7 Å². The van der Waals surface area contributed by atoms with Crippen LogP contribution in [-0.4, -0.2) is 11.1 Å². The van der Waals surface area contributed by atoms with Crippen LogP contribution in [0.2, 0.25) is 0 Å². The van der Waals surface area contributed by atoms with Gasteiger partial charge in [0.15, 0.2) is 0 Å². The molecule has 0 spiro atoms. The summed E-state index contributed by atoms with van der Waals surface area (Å²) < 4.78 is 0. The molecule has 88 valence electrons. The van der Waals surface area contributed by atoms with Gasteiger partial charge in [-0.2, -0.15) is 5.26 Å². The van der Waals surface area contributed by atoms with Crippen LogP contribution >= 0.6 is 11.3 Å². The molecule has 0 fully saturated rings. The highest BCUT2D eigenvalue weighted by Crippen LogP contribution is 2.39. The van der Waals surface area contributed by atoms with E-state index in [-0.39, 0.29) is 0 Å². The van der Waals surface area contributed by atoms with E-state index in [1.807, 2.05) is 18.2 Å². The fourth-order valence-electron chi connectivity index (χ4n) is 2.29. The van der Waals surface area contributed by atoms with E-state index in [1.54, 1.807) is 6.07 Å². The first kappa shape index (κ1) is 11.0. The molecular weight excluding hydrogens is 246 g/mol. The van der Waals surface area contributed by atoms with Crippen molar-refractivity contribution in [2.75, 3.05) is 0 Å². The summed E-state index contributed by atoms with van der Waals surface area (Å²) in [7, 11) is 0. The summed E-state index contributed by atoms with van der Waals surface area (Å²) >= 11 is 1.30. The number of benzene rings is 1. The minimum Gasteiger partial charge on any atom is -0.477 e. The Bertz CT molecular complexity index is 694. The molecule has 3 rings (SSSR count). The van der Waals surface area contributed by atoms with Gasteiger partial charge < -0.3 is 5.11 Å². The second-order valence-corrected chi connectivity index (χ2v) is 5.31. The number of thiophene rings is 1. The van der Waals surface area contributed by atoms with Gasteiger partial charge >= 0.3 is 5.97 Å². The Hall–Kier alpha value is -2.12. The molecule has 0 radical (unpaired) electrons. The highest BCUT2D eigenvalue weighted by atomic mass is 32.1. The van der Waals surface area contributed by atoms with E-state index in [0.717, 1.165) is 28.8 Å². The van der Waals surface area contributed by atoms with Crippen molar-refractivity contribution in [3.63, 3.8) is 0 Å². The summed E-state index contributed by atoms with van der Waals surface area (Å²) in [5.41, 5.74) is 3.92. The van der Waals surface area contributed by atoms with E-state index in [9.17, 15) is 4.79 Å². The number of fused-ring (bicyclic) bond motifs is 3. The van der Waals surface area contributed by atoms with Gasteiger partial charge in [-0.3, -0.25) is 0 Å². The van der Waals surface area contributed by atoms with Crippen molar-refractivity contribution in [2.24, 2.45) is 0 Å². The summed E-state index contributed by atoms with van der Waals surface area (Å²) in [6, 6.07) is 9.52. The van der Waals surface area contributed by atoms with Crippen LogP contribution in [0.3, 0.4) is 0 Å². The molecule has 1 N–H and O–H groups in total. The molecule has 0 bridgehead atoms. The lowest BCUT2D eigenvalue weighted by molar-refractivity contribution is 0.0702. The van der Waals surface area contributed by atoms with Gasteiger partial charge in [0.2, 0.25) is 0 Å². The lowest BCUT2D eigenvalue weighted by Crippen LogP contribution is -2.01. The zero-order valence-electron chi connectivity index (χ0n) is 9.43. The number of nitriles is 1. The number of hydrogen-bond acceptors (Lipinski definition) is 3. The number of hydrogen-bond donors (Lipinski definition) is 1. The average Bonchev–Trinajstić information content (AvgIpc) is 2.82. The molecule has 4 heteroatoms. The van der Waals surface area contributed by atoms with Crippen molar-refractivity contribution in [1.82, 2.24) is 0 Å². The zero-order chi connectivity index (χ0) is 12.7. The predicted molar refractivity (Wildman–Crippen MR) is 68.8 cm³/mol. The summed E-state index contributed by atoms with van der Waals surface area (Å²) in [5.74, 6) is -0.882. The Morgan fingerprint density at radius 2 is 2.06 bits per heavy atom. The van der Waals surface area contributed by atoms with Crippen LogP contribution < -0.4 is 0 Å². The molecular formula is C14H9NO2S. The van der Waals surface area contributed by atoms with Crippen LogP contribution in [-0.2, 0) is 12.8 Å². The molecule has 3 nitrogen and oxygen atoms in total. The Morgan fingerprint density at radius 3 is 2.78 bits per heavy atom. The zero-order valence-corrected chi connectivity index (χ0v) is 10.3. The van der Waals surface area contributed by atoms with Crippen LogP contribution in [0, 0.1) is 11.3 Å². The largest absolute Gasteiger partial charge is 0.477 e. The topological polar surface area (TPSA) is 61.1 Å². The summed E-state index contributed by atoms with van der Waals surface area (Å²) in [5, 5.41) is 18.0. The fourth-order valence-corrected chi connectivity index (χ4v) is 3.39. The molecule has 0 saturated heterocycles. The Labute approximate surface area is 108 Å². The molecule has 1 heterocycles. The second-order valence-electron chi connectivity index (χ2n) is 4.25. The molecule has 0 saturated carbocycles. The van der Waals surface area contributed by atoms with Crippen molar-refractivity contribution >= 4 is 17.3 Å². The molecule has 1 aromatic heterocycles. The van der Waals surface area contributed by atoms with Gasteiger partial charge in [0, 0.05) is 4.88 Å². The SMILES string of the molecule is N#Cc1ccc2c(c1)-c1sc(C(=O)O)cc1CC2. The van der Waals surface area contributed by atoms with Crippen LogP contribution in [0.1, 0.15) is 26.4 Å². The third kappa shape index (κ3) is 1.60. The normalized spacial score (nSPS) is 12.4. The van der Waals surface area contributed by atoms with Gasteiger partial charge in [0.25, 0.3) is 0 Å². The van der Waals surface area contributed by atoms with Crippen LogP contribution in [0.15, 0.2) is 24.3 Å². The predicted octanol–water partition coefficient (Wildman–Crippen LogP) is 3.08. The third-order valence-electron chi connectivity index (χ3n) is 3.17. The Morgan fingerprint density at radius 1 is 1.28 bits per heavy atom. The number of nitrogens with zero attached hydrogens (tertiary/aromatic N) is 1. The lowest BCUT2D eigenvalue weighted by atomic mass is 9.90. The van der Waals surface area contributed by atoms with Crippen LogP contribution in [0.5, 0.6) is 0 Å². The molecule has 0 amide bonds. The molecule has 1 aromatic carbocycles. The van der Waals surface area contributed by atoms with Gasteiger partial charge in [-0.15, -0.1) is 11.3 Å². The van der Waals surface area contributed by atoms with E-state index in [2.05, 4.69) is 6.07 Å². The van der Waals surface area contributed by atoms with E-state index < -0.39 is 5.97 Å². The minimum atomic E-state index is -0.882. The van der Waals surface area contributed by atoms with E-state index >= 15 is 0 Å². The van der Waals surface area contributed by atoms with Gasteiger partial charge in [-0.1, -0.05) is 6.07 Å². The number of carbonyl (C=O) groups is 1. The lowest BCUT2D eigenvalue weighted by Gasteiger charge is -2.15. The number of aromatic carboxylic acids is 1. The maximum atomic E-state index is 11.0. The number of carboxylic acids is 1. The summed E-state index contributed by atoms with van der Waals surface area (Å²) in [6.45, 7) is 0. The minimum absolute atomic E-state index is 0.371. The number of aryl methyl sites for hydroxylation is 2. The molecule has 2 aromatic rings. The summed E-state index contributed by atoms with van der Waals surface area (Å²) in [6.07, 6.45) is 1.78. The first-order chi connectivity index (χ1) is 8.69. The van der Waals surface area contributed by atoms with Gasteiger partial charge in [0.05, 0.1) is 11.6 Å². The van der Waals surface area contributed by atoms with E-state index in [4.69, 9.17) is 10.4 Å². The maximum absolute atomic E-state index is 11.0. The number of carboxylic acid groups (broad SMARTS) is 1. The smallest absolute Gasteiger partial charge is 0.345 e. The van der Waals surface area contributed by atoms with Gasteiger partial charge in [-0.25, -0.2) is 4.79 Å². The Kier molecular flexibility index (Phi) is 2.42. The van der Waals surface area contributed by atoms with Crippen LogP contribution in [0.4, 0.5) is 0 Å².